The number of para-hydroxylation sites is 1. The first kappa shape index (κ1) is 13.8. The highest BCUT2D eigenvalue weighted by Crippen LogP contribution is 2.24. The Hall–Kier alpha value is -1.27. The van der Waals surface area contributed by atoms with Crippen LogP contribution in [-0.4, -0.2) is 24.7 Å². The van der Waals surface area contributed by atoms with Gasteiger partial charge in [0.05, 0.1) is 12.7 Å². The van der Waals surface area contributed by atoms with Gasteiger partial charge < -0.3 is 9.84 Å². The summed E-state index contributed by atoms with van der Waals surface area (Å²) in [5.74, 6) is 0.355. The van der Waals surface area contributed by atoms with E-state index in [4.69, 9.17) is 4.74 Å². The molecule has 1 atom stereocenters. The zero-order valence-electron chi connectivity index (χ0n) is 9.20. The zero-order valence-corrected chi connectivity index (χ0v) is 9.20. The van der Waals surface area contributed by atoms with Gasteiger partial charge in [0.25, 0.3) is 0 Å². The number of aliphatic hydroxyl groups excluding tert-OH is 1. The maximum absolute atomic E-state index is 11.7. The summed E-state index contributed by atoms with van der Waals surface area (Å²) in [7, 11) is 0. The van der Waals surface area contributed by atoms with E-state index < -0.39 is 19.1 Å². The van der Waals surface area contributed by atoms with E-state index in [1.54, 1.807) is 31.2 Å². The fraction of sp³-hybridized carbons (Fsp3) is 0.455. The fourth-order valence-electron chi connectivity index (χ4n) is 1.27. The number of ether oxygens (including phenoxy) is 2. The predicted octanol–water partition coefficient (Wildman–Crippen LogP) is 2.66. The minimum atomic E-state index is -4.65. The van der Waals surface area contributed by atoms with Crippen LogP contribution in [0.2, 0.25) is 0 Å². The van der Waals surface area contributed by atoms with Crippen LogP contribution in [0.3, 0.4) is 0 Å². The summed E-state index contributed by atoms with van der Waals surface area (Å²) in [5.41, 5.74) is 0.527. The van der Waals surface area contributed by atoms with E-state index in [2.05, 4.69) is 4.74 Å². The lowest BCUT2D eigenvalue weighted by molar-refractivity contribution is -0.325. The highest BCUT2D eigenvalue weighted by Gasteiger charge is 2.28. The molecule has 0 saturated heterocycles. The maximum Gasteiger partial charge on any atom is 0.522 e. The normalized spacial score (nSPS) is 13.5. The molecule has 0 heterocycles. The average molecular weight is 250 g/mol. The van der Waals surface area contributed by atoms with Crippen molar-refractivity contribution in [3.63, 3.8) is 0 Å². The van der Waals surface area contributed by atoms with Crippen molar-refractivity contribution in [3.05, 3.63) is 29.8 Å². The Morgan fingerprint density at radius 1 is 1.24 bits per heavy atom. The Morgan fingerprint density at radius 3 is 2.47 bits per heavy atom. The van der Waals surface area contributed by atoms with E-state index in [0.29, 0.717) is 11.3 Å². The number of benzene rings is 1. The van der Waals surface area contributed by atoms with Crippen molar-refractivity contribution in [1.82, 2.24) is 0 Å². The van der Waals surface area contributed by atoms with E-state index in [-0.39, 0.29) is 6.61 Å². The minimum absolute atomic E-state index is 0.233. The van der Waals surface area contributed by atoms with Crippen LogP contribution in [0.15, 0.2) is 24.3 Å². The molecule has 0 radical (unpaired) electrons. The van der Waals surface area contributed by atoms with Gasteiger partial charge in [0.2, 0.25) is 0 Å². The Bertz CT molecular complexity index is 350. The van der Waals surface area contributed by atoms with Crippen molar-refractivity contribution < 1.29 is 27.8 Å². The first-order valence-corrected chi connectivity index (χ1v) is 5.00. The molecule has 3 nitrogen and oxygen atoms in total. The molecule has 0 aromatic heterocycles. The van der Waals surface area contributed by atoms with Crippen LogP contribution in [0.25, 0.3) is 0 Å². The number of hydrogen-bond donors (Lipinski definition) is 1. The number of rotatable bonds is 5. The first-order chi connectivity index (χ1) is 7.90. The van der Waals surface area contributed by atoms with Crippen molar-refractivity contribution >= 4 is 0 Å². The van der Waals surface area contributed by atoms with Crippen LogP contribution in [0.1, 0.15) is 18.6 Å². The molecule has 0 amide bonds. The van der Waals surface area contributed by atoms with Crippen LogP contribution >= 0.6 is 0 Å². The highest BCUT2D eigenvalue weighted by atomic mass is 19.4. The summed E-state index contributed by atoms with van der Waals surface area (Å²) in [4.78, 5) is 0. The molecule has 1 aromatic carbocycles. The van der Waals surface area contributed by atoms with Gasteiger partial charge in [-0.1, -0.05) is 18.2 Å². The summed E-state index contributed by atoms with van der Waals surface area (Å²) in [6.45, 7) is 0.731. The van der Waals surface area contributed by atoms with E-state index in [9.17, 15) is 18.3 Å². The van der Waals surface area contributed by atoms with Crippen molar-refractivity contribution in [3.8, 4) is 5.75 Å². The topological polar surface area (TPSA) is 38.7 Å². The summed E-state index contributed by atoms with van der Waals surface area (Å²) < 4.78 is 43.7. The Labute approximate surface area is 96.8 Å². The van der Waals surface area contributed by atoms with Crippen LogP contribution in [0.4, 0.5) is 13.2 Å². The molecule has 0 aliphatic rings. The Morgan fingerprint density at radius 2 is 1.88 bits per heavy atom. The largest absolute Gasteiger partial charge is 0.522 e. The third-order valence-corrected chi connectivity index (χ3v) is 1.98. The SMILES string of the molecule is C[C@@H](O)c1ccccc1OCCOC(F)(F)F. The third-order valence-electron chi connectivity index (χ3n) is 1.98. The second-order valence-electron chi connectivity index (χ2n) is 3.36. The van der Waals surface area contributed by atoms with Crippen LogP contribution in [0, 0.1) is 0 Å². The smallest absolute Gasteiger partial charge is 0.491 e. The predicted molar refractivity (Wildman–Crippen MR) is 54.6 cm³/mol. The molecule has 0 unspecified atom stereocenters. The molecule has 0 saturated carbocycles. The summed E-state index contributed by atoms with van der Waals surface area (Å²) >= 11 is 0. The van der Waals surface area contributed by atoms with Crippen molar-refractivity contribution in [2.24, 2.45) is 0 Å². The van der Waals surface area contributed by atoms with Crippen LogP contribution in [0.5, 0.6) is 5.75 Å². The number of hydrogen-bond acceptors (Lipinski definition) is 3. The van der Waals surface area contributed by atoms with Gasteiger partial charge in [0, 0.05) is 5.56 Å². The highest BCUT2D eigenvalue weighted by molar-refractivity contribution is 5.34. The lowest BCUT2D eigenvalue weighted by Gasteiger charge is -2.13. The third kappa shape index (κ3) is 5.06. The maximum atomic E-state index is 11.7. The summed E-state index contributed by atoms with van der Waals surface area (Å²) in [6, 6.07) is 6.60. The van der Waals surface area contributed by atoms with Gasteiger partial charge >= 0.3 is 6.36 Å². The van der Waals surface area contributed by atoms with Gasteiger partial charge in [-0.15, -0.1) is 13.2 Å². The van der Waals surface area contributed by atoms with Crippen molar-refractivity contribution in [1.29, 1.82) is 0 Å². The monoisotopic (exact) mass is 250 g/mol. The number of alkyl halides is 3. The van der Waals surface area contributed by atoms with Gasteiger partial charge in [-0.3, -0.25) is 4.74 Å². The van der Waals surface area contributed by atoms with Crippen molar-refractivity contribution in [2.75, 3.05) is 13.2 Å². The van der Waals surface area contributed by atoms with Gasteiger partial charge in [-0.25, -0.2) is 0 Å². The minimum Gasteiger partial charge on any atom is -0.491 e. The second-order valence-corrected chi connectivity index (χ2v) is 3.36. The van der Waals surface area contributed by atoms with Gasteiger partial charge in [0.1, 0.15) is 12.4 Å². The van der Waals surface area contributed by atoms with Crippen LogP contribution in [-0.2, 0) is 4.74 Å². The molecule has 17 heavy (non-hydrogen) atoms. The summed E-state index contributed by atoms with van der Waals surface area (Å²) in [5, 5.41) is 9.40. The fourth-order valence-corrected chi connectivity index (χ4v) is 1.27. The van der Waals surface area contributed by atoms with E-state index in [0.717, 1.165) is 0 Å². The number of halogens is 3. The van der Waals surface area contributed by atoms with Gasteiger partial charge in [0.15, 0.2) is 0 Å². The van der Waals surface area contributed by atoms with E-state index >= 15 is 0 Å². The molecular formula is C11H13F3O3. The lowest BCUT2D eigenvalue weighted by atomic mass is 10.1. The molecule has 0 spiro atoms. The molecule has 0 aliphatic carbocycles. The summed E-state index contributed by atoms with van der Waals surface area (Å²) in [6.07, 6.45) is -5.39. The first-order valence-electron chi connectivity index (χ1n) is 5.00. The molecular weight excluding hydrogens is 237 g/mol. The van der Waals surface area contributed by atoms with Crippen molar-refractivity contribution in [2.45, 2.75) is 19.4 Å². The molecule has 0 fully saturated rings. The molecule has 1 N–H and O–H groups in total. The molecule has 0 aliphatic heterocycles. The molecule has 0 bridgehead atoms. The second kappa shape index (κ2) is 5.88. The quantitative estimate of drug-likeness (QED) is 0.816. The van der Waals surface area contributed by atoms with E-state index in [1.165, 1.54) is 0 Å². The van der Waals surface area contributed by atoms with Gasteiger partial charge in [-0.2, -0.15) is 0 Å². The standard InChI is InChI=1S/C11H13F3O3/c1-8(15)9-4-2-3-5-10(9)16-6-7-17-11(12,13)14/h2-5,8,15H,6-7H2,1H3/t8-/m1/s1. The zero-order chi connectivity index (χ0) is 12.9. The molecule has 6 heteroatoms. The molecule has 1 aromatic rings. The average Bonchev–Trinajstić information content (AvgIpc) is 2.23. The Kier molecular flexibility index (Phi) is 4.77. The van der Waals surface area contributed by atoms with Crippen LogP contribution < -0.4 is 4.74 Å². The molecule has 1 rings (SSSR count). The molecule has 96 valence electrons. The lowest BCUT2D eigenvalue weighted by Crippen LogP contribution is -2.18. The Balaban J connectivity index is 2.47. The van der Waals surface area contributed by atoms with E-state index in [1.807, 2.05) is 0 Å². The number of aliphatic hydroxyl groups is 1. The van der Waals surface area contributed by atoms with Gasteiger partial charge in [-0.05, 0) is 13.0 Å².